The van der Waals surface area contributed by atoms with Crippen LogP contribution in [0.4, 0.5) is 10.1 Å². The van der Waals surface area contributed by atoms with Crippen molar-refractivity contribution in [2.75, 3.05) is 11.9 Å². The molecule has 3 heterocycles. The van der Waals surface area contributed by atoms with Gasteiger partial charge in [-0.2, -0.15) is 0 Å². The van der Waals surface area contributed by atoms with Crippen LogP contribution in [0.5, 0.6) is 0 Å². The lowest BCUT2D eigenvalue weighted by atomic mass is 9.99. The standard InChI is InChI=1S/C21H16FN3O3/c22-15-4-1-12(2-5-15)20-16-7-8-25(11-18(16)24-28-20)21(27)13-3-6-17-14(9-13)10-19(26)23-17/h1-6,9H,7-8,10-11H2,(H,23,26). The van der Waals surface area contributed by atoms with E-state index in [4.69, 9.17) is 4.52 Å². The van der Waals surface area contributed by atoms with E-state index in [1.165, 1.54) is 12.1 Å². The smallest absolute Gasteiger partial charge is 0.254 e. The Morgan fingerprint density at radius 2 is 2.00 bits per heavy atom. The summed E-state index contributed by atoms with van der Waals surface area (Å²) in [5.74, 6) is 0.168. The minimum absolute atomic E-state index is 0.0573. The Kier molecular flexibility index (Phi) is 3.75. The van der Waals surface area contributed by atoms with Crippen LogP contribution >= 0.6 is 0 Å². The maximum Gasteiger partial charge on any atom is 0.254 e. The summed E-state index contributed by atoms with van der Waals surface area (Å²) in [5, 5.41) is 6.90. The zero-order valence-electron chi connectivity index (χ0n) is 14.9. The Morgan fingerprint density at radius 1 is 1.18 bits per heavy atom. The van der Waals surface area contributed by atoms with Gasteiger partial charge in [0.15, 0.2) is 5.76 Å². The molecular formula is C21H16FN3O3. The molecule has 28 heavy (non-hydrogen) atoms. The van der Waals surface area contributed by atoms with Gasteiger partial charge < -0.3 is 14.7 Å². The second kappa shape index (κ2) is 6.30. The van der Waals surface area contributed by atoms with Crippen LogP contribution in [-0.2, 0) is 24.2 Å². The molecular weight excluding hydrogens is 361 g/mol. The highest BCUT2D eigenvalue weighted by molar-refractivity contribution is 6.01. The molecule has 0 unspecified atom stereocenters. The van der Waals surface area contributed by atoms with Crippen molar-refractivity contribution in [3.63, 3.8) is 0 Å². The van der Waals surface area contributed by atoms with Crippen molar-refractivity contribution < 1.29 is 18.5 Å². The number of anilines is 1. The summed E-state index contributed by atoms with van der Waals surface area (Å²) in [6, 6.07) is 11.4. The third kappa shape index (κ3) is 2.76. The Bertz CT molecular complexity index is 1100. The van der Waals surface area contributed by atoms with Crippen LogP contribution in [0.2, 0.25) is 0 Å². The molecule has 7 heteroatoms. The first-order valence-corrected chi connectivity index (χ1v) is 9.04. The van der Waals surface area contributed by atoms with Crippen molar-refractivity contribution in [1.82, 2.24) is 10.1 Å². The fourth-order valence-electron chi connectivity index (χ4n) is 3.78. The first-order chi connectivity index (χ1) is 13.6. The van der Waals surface area contributed by atoms with E-state index < -0.39 is 0 Å². The Labute approximate surface area is 159 Å². The Morgan fingerprint density at radius 3 is 2.82 bits per heavy atom. The number of nitrogens with zero attached hydrogens (tertiary/aromatic N) is 2. The molecule has 0 saturated carbocycles. The molecule has 6 nitrogen and oxygen atoms in total. The van der Waals surface area contributed by atoms with Gasteiger partial charge in [0.05, 0.1) is 13.0 Å². The number of hydrogen-bond donors (Lipinski definition) is 1. The fourth-order valence-corrected chi connectivity index (χ4v) is 3.78. The van der Waals surface area contributed by atoms with Gasteiger partial charge in [0, 0.05) is 28.9 Å². The Balaban J connectivity index is 1.38. The van der Waals surface area contributed by atoms with E-state index in [-0.39, 0.29) is 17.6 Å². The van der Waals surface area contributed by atoms with E-state index in [1.54, 1.807) is 35.2 Å². The zero-order chi connectivity index (χ0) is 19.3. The monoisotopic (exact) mass is 377 g/mol. The third-order valence-corrected chi connectivity index (χ3v) is 5.21. The number of nitrogens with one attached hydrogen (secondary N) is 1. The second-order valence-electron chi connectivity index (χ2n) is 7.02. The predicted molar refractivity (Wildman–Crippen MR) is 99.1 cm³/mol. The van der Waals surface area contributed by atoms with Crippen LogP contribution in [0.3, 0.4) is 0 Å². The highest BCUT2D eigenvalue weighted by Crippen LogP contribution is 2.31. The second-order valence-corrected chi connectivity index (χ2v) is 7.02. The van der Waals surface area contributed by atoms with E-state index in [0.717, 1.165) is 28.1 Å². The van der Waals surface area contributed by atoms with Gasteiger partial charge in [0.1, 0.15) is 11.5 Å². The third-order valence-electron chi connectivity index (χ3n) is 5.21. The van der Waals surface area contributed by atoms with Crippen LogP contribution in [0.25, 0.3) is 11.3 Å². The number of aromatic nitrogens is 1. The maximum absolute atomic E-state index is 13.2. The fraction of sp³-hybridized carbons (Fsp3) is 0.190. The van der Waals surface area contributed by atoms with Gasteiger partial charge in [-0.1, -0.05) is 5.16 Å². The molecule has 2 aliphatic heterocycles. The van der Waals surface area contributed by atoms with Crippen LogP contribution in [0, 0.1) is 5.82 Å². The number of carbonyl (C=O) groups is 2. The molecule has 0 fully saturated rings. The summed E-state index contributed by atoms with van der Waals surface area (Å²) in [6.07, 6.45) is 0.910. The summed E-state index contributed by atoms with van der Waals surface area (Å²) in [7, 11) is 0. The summed E-state index contributed by atoms with van der Waals surface area (Å²) in [6.45, 7) is 0.892. The molecule has 3 aromatic rings. The molecule has 140 valence electrons. The lowest BCUT2D eigenvalue weighted by Crippen LogP contribution is -2.36. The van der Waals surface area contributed by atoms with Gasteiger partial charge in [0.25, 0.3) is 5.91 Å². The molecule has 5 rings (SSSR count). The van der Waals surface area contributed by atoms with Crippen molar-refractivity contribution in [2.45, 2.75) is 19.4 Å². The minimum Gasteiger partial charge on any atom is -0.356 e. The normalized spacial score (nSPS) is 15.2. The summed E-state index contributed by atoms with van der Waals surface area (Å²) in [5.41, 5.74) is 4.61. The molecule has 2 aliphatic rings. The number of fused-ring (bicyclic) bond motifs is 2. The summed E-state index contributed by atoms with van der Waals surface area (Å²) < 4.78 is 18.7. The summed E-state index contributed by atoms with van der Waals surface area (Å²) in [4.78, 5) is 26.2. The van der Waals surface area contributed by atoms with Crippen LogP contribution in [0.15, 0.2) is 47.0 Å². The number of amides is 2. The highest BCUT2D eigenvalue weighted by Gasteiger charge is 2.28. The van der Waals surface area contributed by atoms with Gasteiger partial charge in [-0.25, -0.2) is 4.39 Å². The zero-order valence-corrected chi connectivity index (χ0v) is 14.9. The van der Waals surface area contributed by atoms with Gasteiger partial charge in [-0.15, -0.1) is 0 Å². The molecule has 0 saturated heterocycles. The van der Waals surface area contributed by atoms with Crippen LogP contribution < -0.4 is 5.32 Å². The van der Waals surface area contributed by atoms with Crippen LogP contribution in [0.1, 0.15) is 27.2 Å². The molecule has 0 radical (unpaired) electrons. The molecule has 0 atom stereocenters. The van der Waals surface area contributed by atoms with E-state index in [0.29, 0.717) is 37.3 Å². The largest absolute Gasteiger partial charge is 0.356 e. The number of carbonyl (C=O) groups excluding carboxylic acids is 2. The van der Waals surface area contributed by atoms with Crippen molar-refractivity contribution in [1.29, 1.82) is 0 Å². The first kappa shape index (κ1) is 16.7. The van der Waals surface area contributed by atoms with E-state index >= 15 is 0 Å². The van der Waals surface area contributed by atoms with Gasteiger partial charge in [0.2, 0.25) is 5.91 Å². The number of rotatable bonds is 2. The van der Waals surface area contributed by atoms with Crippen molar-refractivity contribution >= 4 is 17.5 Å². The van der Waals surface area contributed by atoms with E-state index in [1.807, 2.05) is 0 Å². The maximum atomic E-state index is 13.2. The van der Waals surface area contributed by atoms with Crippen molar-refractivity contribution in [2.24, 2.45) is 0 Å². The topological polar surface area (TPSA) is 75.4 Å². The predicted octanol–water partition coefficient (Wildman–Crippen LogP) is 3.17. The van der Waals surface area contributed by atoms with Crippen molar-refractivity contribution in [3.05, 3.63) is 70.7 Å². The molecule has 1 N–H and O–H groups in total. The molecule has 1 aromatic heterocycles. The average molecular weight is 377 g/mol. The van der Waals surface area contributed by atoms with Gasteiger partial charge >= 0.3 is 0 Å². The average Bonchev–Trinajstić information content (AvgIpc) is 3.29. The number of benzene rings is 2. The lowest BCUT2D eigenvalue weighted by Gasteiger charge is -2.26. The summed E-state index contributed by atoms with van der Waals surface area (Å²) >= 11 is 0. The van der Waals surface area contributed by atoms with Crippen LogP contribution in [-0.4, -0.2) is 28.4 Å². The highest BCUT2D eigenvalue weighted by atomic mass is 19.1. The SMILES string of the molecule is O=C1Cc2cc(C(=O)N3CCc4c(noc4-c4ccc(F)cc4)C3)ccc2N1. The van der Waals surface area contributed by atoms with E-state index in [9.17, 15) is 14.0 Å². The van der Waals surface area contributed by atoms with Gasteiger partial charge in [-0.3, -0.25) is 9.59 Å². The first-order valence-electron chi connectivity index (χ1n) is 9.04. The Hall–Kier alpha value is -3.48. The quantitative estimate of drug-likeness (QED) is 0.744. The number of halogens is 1. The van der Waals surface area contributed by atoms with Crippen molar-refractivity contribution in [3.8, 4) is 11.3 Å². The lowest BCUT2D eigenvalue weighted by molar-refractivity contribution is -0.115. The number of hydrogen-bond acceptors (Lipinski definition) is 4. The van der Waals surface area contributed by atoms with E-state index in [2.05, 4.69) is 10.5 Å². The molecule has 2 amide bonds. The van der Waals surface area contributed by atoms with Gasteiger partial charge in [-0.05, 0) is 54.4 Å². The molecule has 2 aromatic carbocycles. The molecule has 0 aliphatic carbocycles. The molecule has 0 bridgehead atoms. The minimum atomic E-state index is -0.305. The molecule has 0 spiro atoms.